The van der Waals surface area contributed by atoms with Crippen LogP contribution in [0.1, 0.15) is 22.5 Å². The first-order valence-corrected chi connectivity index (χ1v) is 7.82. The van der Waals surface area contributed by atoms with E-state index >= 15 is 0 Å². The van der Waals surface area contributed by atoms with Crippen LogP contribution in [-0.4, -0.2) is 9.97 Å². The molecule has 0 saturated heterocycles. The average Bonchev–Trinajstić information content (AvgIpc) is 3.22. The number of aromatic nitrogens is 2. The second-order valence-corrected chi connectivity index (χ2v) is 6.36. The summed E-state index contributed by atoms with van der Waals surface area (Å²) in [5.74, 6) is 0. The van der Waals surface area contributed by atoms with Gasteiger partial charge in [-0.25, -0.2) is 0 Å². The summed E-state index contributed by atoms with van der Waals surface area (Å²) in [6, 6.07) is 17.3. The van der Waals surface area contributed by atoms with Crippen LogP contribution in [0.4, 0.5) is 0 Å². The Labute approximate surface area is 127 Å². The Morgan fingerprint density at radius 1 is 0.591 bits per heavy atom. The largest absolute Gasteiger partial charge is 0.358 e. The van der Waals surface area contributed by atoms with Gasteiger partial charge in [0.25, 0.3) is 0 Å². The third kappa shape index (κ3) is 1.14. The number of benzene rings is 2. The van der Waals surface area contributed by atoms with E-state index in [0.29, 0.717) is 0 Å². The van der Waals surface area contributed by atoms with E-state index in [1.54, 1.807) is 0 Å². The Bertz CT molecular complexity index is 1030. The molecular weight excluding hydrogens is 268 g/mol. The maximum atomic E-state index is 3.62. The van der Waals surface area contributed by atoms with Gasteiger partial charge in [0.05, 0.1) is 0 Å². The molecule has 0 atom stereocenters. The molecule has 0 unspecified atom stereocenters. The first kappa shape index (κ1) is 10.9. The van der Waals surface area contributed by atoms with Crippen molar-refractivity contribution in [3.63, 3.8) is 0 Å². The maximum Gasteiger partial charge on any atom is 0.0462 e. The monoisotopic (exact) mass is 282 g/mol. The predicted molar refractivity (Wildman–Crippen MR) is 90.8 cm³/mol. The Hall–Kier alpha value is -2.74. The quantitative estimate of drug-likeness (QED) is 0.469. The van der Waals surface area contributed by atoms with Gasteiger partial charge in [0, 0.05) is 57.2 Å². The fourth-order valence-corrected chi connectivity index (χ4v) is 4.40. The molecule has 4 aromatic rings. The molecule has 0 aliphatic heterocycles. The zero-order valence-corrected chi connectivity index (χ0v) is 12.0. The number of hydrogen-bond acceptors (Lipinski definition) is 0. The van der Waals surface area contributed by atoms with Crippen LogP contribution in [0.15, 0.2) is 48.5 Å². The molecule has 6 rings (SSSR count). The molecule has 0 spiro atoms. The minimum absolute atomic E-state index is 1.04. The number of para-hydroxylation sites is 2. The smallest absolute Gasteiger partial charge is 0.0462 e. The molecule has 2 heterocycles. The zero-order valence-electron chi connectivity index (χ0n) is 12.0. The Morgan fingerprint density at radius 2 is 1.05 bits per heavy atom. The zero-order chi connectivity index (χ0) is 14.3. The van der Waals surface area contributed by atoms with E-state index in [-0.39, 0.29) is 0 Å². The molecule has 2 aromatic heterocycles. The van der Waals surface area contributed by atoms with Gasteiger partial charge < -0.3 is 9.97 Å². The highest BCUT2D eigenvalue weighted by Crippen LogP contribution is 2.50. The van der Waals surface area contributed by atoms with Crippen LogP contribution in [0.5, 0.6) is 0 Å². The average molecular weight is 282 g/mol. The van der Waals surface area contributed by atoms with E-state index in [4.69, 9.17) is 0 Å². The van der Waals surface area contributed by atoms with Crippen molar-refractivity contribution in [3.8, 4) is 0 Å². The van der Waals surface area contributed by atoms with E-state index in [1.807, 2.05) is 0 Å². The van der Waals surface area contributed by atoms with Gasteiger partial charge in [0.2, 0.25) is 0 Å². The molecule has 0 radical (unpaired) electrons. The fourth-order valence-electron chi connectivity index (χ4n) is 4.40. The summed E-state index contributed by atoms with van der Waals surface area (Å²) in [6.07, 6.45) is 2.07. The van der Waals surface area contributed by atoms with Crippen LogP contribution in [0.3, 0.4) is 0 Å². The highest BCUT2D eigenvalue weighted by atomic mass is 14.8. The Morgan fingerprint density at radius 3 is 1.55 bits per heavy atom. The molecule has 22 heavy (non-hydrogen) atoms. The number of allylic oxidation sites excluding steroid dienone is 2. The van der Waals surface area contributed by atoms with Crippen LogP contribution in [0, 0.1) is 0 Å². The van der Waals surface area contributed by atoms with Gasteiger partial charge in [-0.2, -0.15) is 0 Å². The number of H-pyrrole nitrogens is 2. The standard InChI is InChI=1S/C20H14N2/c1-3-7-15-11(5-1)19-13-9-18-20(14(13)10-17(19)21-15)12-6-2-4-8-16(12)22-18/h1-8,21-22H,9-10H2. The molecule has 2 N–H and O–H groups in total. The van der Waals surface area contributed by atoms with Crippen molar-refractivity contribution in [2.75, 3.05) is 0 Å². The van der Waals surface area contributed by atoms with Gasteiger partial charge in [-0.3, -0.25) is 0 Å². The van der Waals surface area contributed by atoms with Crippen LogP contribution >= 0.6 is 0 Å². The van der Waals surface area contributed by atoms with Crippen molar-refractivity contribution in [1.29, 1.82) is 0 Å². The van der Waals surface area contributed by atoms with Crippen molar-refractivity contribution in [3.05, 3.63) is 71.0 Å². The van der Waals surface area contributed by atoms with E-state index in [0.717, 1.165) is 12.8 Å². The van der Waals surface area contributed by atoms with E-state index in [2.05, 4.69) is 58.5 Å². The van der Waals surface area contributed by atoms with Crippen LogP contribution in [0.2, 0.25) is 0 Å². The molecule has 0 saturated carbocycles. The van der Waals surface area contributed by atoms with Gasteiger partial charge in [-0.05, 0) is 23.3 Å². The van der Waals surface area contributed by atoms with Gasteiger partial charge >= 0.3 is 0 Å². The van der Waals surface area contributed by atoms with Crippen molar-refractivity contribution in [2.45, 2.75) is 12.8 Å². The lowest BCUT2D eigenvalue weighted by atomic mass is 10.0. The second kappa shape index (κ2) is 3.53. The molecule has 104 valence electrons. The second-order valence-electron chi connectivity index (χ2n) is 6.36. The SMILES string of the molecule is c1ccc2c3c([nH]c2c1)CC1=C3Cc2[nH]c3ccccc3c21. The van der Waals surface area contributed by atoms with Crippen molar-refractivity contribution in [1.82, 2.24) is 9.97 Å². The van der Waals surface area contributed by atoms with Gasteiger partial charge in [-0.1, -0.05) is 36.4 Å². The summed E-state index contributed by atoms with van der Waals surface area (Å²) in [5.41, 5.74) is 11.3. The Kier molecular flexibility index (Phi) is 1.75. The first-order valence-electron chi connectivity index (χ1n) is 7.82. The lowest BCUT2D eigenvalue weighted by Gasteiger charge is -2.00. The van der Waals surface area contributed by atoms with E-state index in [1.165, 1.54) is 55.5 Å². The van der Waals surface area contributed by atoms with Crippen molar-refractivity contribution < 1.29 is 0 Å². The highest BCUT2D eigenvalue weighted by Gasteiger charge is 2.34. The van der Waals surface area contributed by atoms with Crippen molar-refractivity contribution >= 4 is 33.0 Å². The summed E-state index contributed by atoms with van der Waals surface area (Å²) >= 11 is 0. The molecule has 0 amide bonds. The van der Waals surface area contributed by atoms with Gasteiger partial charge in [0.15, 0.2) is 0 Å². The summed E-state index contributed by atoms with van der Waals surface area (Å²) in [5, 5.41) is 2.74. The molecule has 2 heteroatoms. The minimum Gasteiger partial charge on any atom is -0.358 e. The molecule has 2 aliphatic rings. The summed E-state index contributed by atoms with van der Waals surface area (Å²) in [6.45, 7) is 0. The molecule has 0 fully saturated rings. The first-order chi connectivity index (χ1) is 10.9. The van der Waals surface area contributed by atoms with Crippen LogP contribution in [0.25, 0.3) is 33.0 Å². The third-order valence-electron chi connectivity index (χ3n) is 5.24. The van der Waals surface area contributed by atoms with Gasteiger partial charge in [-0.15, -0.1) is 0 Å². The predicted octanol–water partition coefficient (Wildman–Crippen LogP) is 4.67. The highest BCUT2D eigenvalue weighted by molar-refractivity contribution is 6.13. The fraction of sp³-hybridized carbons (Fsp3) is 0.100. The Balaban J connectivity index is 1.67. The molecule has 2 aromatic carbocycles. The summed E-state index contributed by atoms with van der Waals surface area (Å²) < 4.78 is 0. The van der Waals surface area contributed by atoms with Crippen LogP contribution in [-0.2, 0) is 12.8 Å². The molecule has 2 nitrogen and oxygen atoms in total. The van der Waals surface area contributed by atoms with E-state index in [9.17, 15) is 0 Å². The minimum atomic E-state index is 1.04. The molecule has 2 aliphatic carbocycles. The third-order valence-corrected chi connectivity index (χ3v) is 5.24. The number of rotatable bonds is 0. The van der Waals surface area contributed by atoms with Gasteiger partial charge in [0.1, 0.15) is 0 Å². The van der Waals surface area contributed by atoms with Crippen molar-refractivity contribution in [2.24, 2.45) is 0 Å². The summed E-state index contributed by atoms with van der Waals surface area (Å²) in [7, 11) is 0. The van der Waals surface area contributed by atoms with Crippen LogP contribution < -0.4 is 0 Å². The number of nitrogens with one attached hydrogen (secondary N) is 2. The molecule has 0 bridgehead atoms. The normalized spacial score (nSPS) is 15.6. The maximum absolute atomic E-state index is 3.62. The topological polar surface area (TPSA) is 31.6 Å². The lowest BCUT2D eigenvalue weighted by molar-refractivity contribution is 1.17. The summed E-state index contributed by atoms with van der Waals surface area (Å²) in [4.78, 5) is 7.25. The molecular formula is C20H14N2. The number of aromatic amines is 2. The number of hydrogen-bond donors (Lipinski definition) is 2. The lowest BCUT2D eigenvalue weighted by Crippen LogP contribution is -1.88. The van der Waals surface area contributed by atoms with E-state index < -0.39 is 0 Å². The number of fused-ring (bicyclic) bond motifs is 8.